The summed E-state index contributed by atoms with van der Waals surface area (Å²) < 4.78 is 21.5. The van der Waals surface area contributed by atoms with Crippen LogP contribution >= 0.6 is 0 Å². The molecule has 0 amide bonds. The van der Waals surface area contributed by atoms with E-state index in [1.807, 2.05) is 24.3 Å². The molecule has 0 aliphatic heterocycles. The summed E-state index contributed by atoms with van der Waals surface area (Å²) in [5, 5.41) is 0. The maximum atomic E-state index is 13.1. The Labute approximate surface area is 220 Å². The lowest BCUT2D eigenvalue weighted by atomic mass is 9.94. The van der Waals surface area contributed by atoms with Crippen molar-refractivity contribution in [1.29, 1.82) is 0 Å². The number of carbonyl (C=O) groups is 2. The van der Waals surface area contributed by atoms with Crippen LogP contribution in [0.15, 0.2) is 84.9 Å². The van der Waals surface area contributed by atoms with E-state index in [1.165, 1.54) is 12.1 Å². The zero-order valence-electron chi connectivity index (χ0n) is 21.1. The second-order valence-electron chi connectivity index (χ2n) is 8.46. The number of rotatable bonds is 9. The monoisotopic (exact) mass is 512 g/mol. The van der Waals surface area contributed by atoms with Crippen LogP contribution in [0.3, 0.4) is 0 Å². The summed E-state index contributed by atoms with van der Waals surface area (Å²) in [5.74, 6) is 0.232. The molecule has 4 aromatic rings. The van der Waals surface area contributed by atoms with E-state index in [4.69, 9.17) is 30.4 Å². The summed E-state index contributed by atoms with van der Waals surface area (Å²) in [6.07, 6.45) is 0. The molecule has 0 aliphatic carbocycles. The average Bonchev–Trinajstić information content (AvgIpc) is 2.95. The molecule has 0 heterocycles. The summed E-state index contributed by atoms with van der Waals surface area (Å²) in [6.45, 7) is 0.102. The minimum atomic E-state index is -0.586. The third-order valence-corrected chi connectivity index (χ3v) is 5.88. The summed E-state index contributed by atoms with van der Waals surface area (Å²) >= 11 is 0. The van der Waals surface area contributed by atoms with Gasteiger partial charge in [0.05, 0.1) is 25.3 Å². The van der Waals surface area contributed by atoms with Crippen molar-refractivity contribution in [2.45, 2.75) is 13.2 Å². The van der Waals surface area contributed by atoms with Gasteiger partial charge in [0.1, 0.15) is 24.7 Å². The molecule has 8 heteroatoms. The Balaban J connectivity index is 1.58. The van der Waals surface area contributed by atoms with Gasteiger partial charge in [0, 0.05) is 11.4 Å². The Kier molecular flexibility index (Phi) is 8.13. The van der Waals surface area contributed by atoms with Crippen LogP contribution in [0.2, 0.25) is 0 Å². The van der Waals surface area contributed by atoms with E-state index in [9.17, 15) is 9.59 Å². The summed E-state index contributed by atoms with van der Waals surface area (Å²) in [7, 11) is 3.16. The van der Waals surface area contributed by atoms with Crippen LogP contribution in [0.1, 0.15) is 31.8 Å². The topological polar surface area (TPSA) is 123 Å². The molecule has 0 unspecified atom stereocenters. The number of anilines is 2. The number of nitrogen functional groups attached to an aromatic ring is 2. The second-order valence-corrected chi connectivity index (χ2v) is 8.46. The molecule has 4 N–H and O–H groups in total. The van der Waals surface area contributed by atoms with Crippen LogP contribution in [0, 0.1) is 0 Å². The molecule has 0 radical (unpaired) electrons. The van der Waals surface area contributed by atoms with Gasteiger partial charge in [0.2, 0.25) is 0 Å². The Morgan fingerprint density at radius 1 is 0.579 bits per heavy atom. The van der Waals surface area contributed by atoms with Crippen molar-refractivity contribution >= 4 is 23.3 Å². The Morgan fingerprint density at radius 3 is 1.29 bits per heavy atom. The van der Waals surface area contributed by atoms with Gasteiger partial charge >= 0.3 is 11.9 Å². The zero-order valence-corrected chi connectivity index (χ0v) is 21.1. The van der Waals surface area contributed by atoms with Crippen molar-refractivity contribution < 1.29 is 28.5 Å². The quantitative estimate of drug-likeness (QED) is 0.230. The Bertz CT molecular complexity index is 1320. The van der Waals surface area contributed by atoms with E-state index < -0.39 is 11.9 Å². The predicted molar refractivity (Wildman–Crippen MR) is 145 cm³/mol. The van der Waals surface area contributed by atoms with E-state index in [1.54, 1.807) is 62.8 Å². The Morgan fingerprint density at radius 2 is 0.947 bits per heavy atom. The van der Waals surface area contributed by atoms with Crippen LogP contribution in [0.4, 0.5) is 11.4 Å². The van der Waals surface area contributed by atoms with Gasteiger partial charge in [0.25, 0.3) is 0 Å². The first-order chi connectivity index (χ1) is 18.4. The van der Waals surface area contributed by atoms with Crippen LogP contribution in [0.5, 0.6) is 11.5 Å². The molecule has 8 nitrogen and oxygen atoms in total. The van der Waals surface area contributed by atoms with Crippen molar-refractivity contribution in [2.75, 3.05) is 25.7 Å². The van der Waals surface area contributed by atoms with Gasteiger partial charge in [-0.1, -0.05) is 36.4 Å². The number of carbonyl (C=O) groups excluding carboxylic acids is 2. The van der Waals surface area contributed by atoms with E-state index in [-0.39, 0.29) is 24.3 Å². The third-order valence-electron chi connectivity index (χ3n) is 5.88. The highest BCUT2D eigenvalue weighted by molar-refractivity contribution is 6.04. The van der Waals surface area contributed by atoms with Gasteiger partial charge in [-0.05, 0) is 70.8 Å². The van der Waals surface area contributed by atoms with E-state index in [0.717, 1.165) is 11.1 Å². The molecular weight excluding hydrogens is 484 g/mol. The molecule has 0 atom stereocenters. The molecule has 4 rings (SSSR count). The van der Waals surface area contributed by atoms with E-state index >= 15 is 0 Å². The average molecular weight is 513 g/mol. The lowest BCUT2D eigenvalue weighted by Gasteiger charge is -2.15. The van der Waals surface area contributed by atoms with Crippen molar-refractivity contribution in [3.05, 3.63) is 107 Å². The minimum Gasteiger partial charge on any atom is -0.497 e. The highest BCUT2D eigenvalue weighted by Crippen LogP contribution is 2.32. The summed E-state index contributed by atoms with van der Waals surface area (Å²) in [5.41, 5.74) is 15.7. The smallest absolute Gasteiger partial charge is 0.339 e. The second kappa shape index (κ2) is 11.8. The van der Waals surface area contributed by atoms with Gasteiger partial charge < -0.3 is 30.4 Å². The number of hydrogen-bond donors (Lipinski definition) is 2. The fourth-order valence-electron chi connectivity index (χ4n) is 3.83. The summed E-state index contributed by atoms with van der Waals surface area (Å²) in [4.78, 5) is 26.3. The molecule has 4 aromatic carbocycles. The summed E-state index contributed by atoms with van der Waals surface area (Å²) in [6, 6.07) is 24.1. The van der Waals surface area contributed by atoms with E-state index in [2.05, 4.69) is 0 Å². The van der Waals surface area contributed by atoms with Crippen LogP contribution in [0.25, 0.3) is 11.1 Å². The fraction of sp³-hybridized carbons (Fsp3) is 0.133. The third kappa shape index (κ3) is 6.22. The van der Waals surface area contributed by atoms with Gasteiger partial charge in [-0.2, -0.15) is 0 Å². The van der Waals surface area contributed by atoms with E-state index in [0.29, 0.717) is 34.0 Å². The first-order valence-corrected chi connectivity index (χ1v) is 11.8. The lowest BCUT2D eigenvalue weighted by Crippen LogP contribution is -2.11. The maximum Gasteiger partial charge on any atom is 0.339 e. The number of nitrogens with two attached hydrogens (primary N) is 2. The Hall–Kier alpha value is -4.98. The largest absolute Gasteiger partial charge is 0.497 e. The first-order valence-electron chi connectivity index (χ1n) is 11.8. The molecule has 194 valence electrons. The fourth-order valence-corrected chi connectivity index (χ4v) is 3.83. The van der Waals surface area contributed by atoms with Gasteiger partial charge in [-0.15, -0.1) is 0 Å². The van der Waals surface area contributed by atoms with Crippen molar-refractivity contribution in [2.24, 2.45) is 0 Å². The molecule has 0 bridgehead atoms. The number of ether oxygens (including phenoxy) is 4. The standard InChI is InChI=1S/C30H28N2O6/c1-35-23-9-3-19(4-10-23)17-37-29(33)27-15-21(31)7-13-25(27)26-14-8-22(32)16-28(26)30(34)38-18-20-5-11-24(36-2)12-6-20/h3-16H,17-18,31-32H2,1-2H3. The molecule has 0 fully saturated rings. The van der Waals surface area contributed by atoms with Gasteiger partial charge in [-0.25, -0.2) is 9.59 Å². The maximum absolute atomic E-state index is 13.1. The van der Waals surface area contributed by atoms with Gasteiger partial charge in [0.15, 0.2) is 0 Å². The molecule has 0 saturated carbocycles. The highest BCUT2D eigenvalue weighted by Gasteiger charge is 2.21. The zero-order chi connectivity index (χ0) is 27.1. The number of esters is 2. The molecule has 0 aromatic heterocycles. The molecule has 38 heavy (non-hydrogen) atoms. The van der Waals surface area contributed by atoms with Gasteiger partial charge in [-0.3, -0.25) is 0 Å². The number of methoxy groups -OCH3 is 2. The normalized spacial score (nSPS) is 10.5. The highest BCUT2D eigenvalue weighted by atomic mass is 16.5. The number of hydrogen-bond acceptors (Lipinski definition) is 8. The van der Waals surface area contributed by atoms with Crippen molar-refractivity contribution in [3.8, 4) is 22.6 Å². The van der Waals surface area contributed by atoms with Crippen LogP contribution in [-0.4, -0.2) is 26.2 Å². The van der Waals surface area contributed by atoms with Crippen LogP contribution in [-0.2, 0) is 22.7 Å². The molecular formula is C30H28N2O6. The molecule has 0 saturated heterocycles. The molecule has 0 spiro atoms. The van der Waals surface area contributed by atoms with Crippen molar-refractivity contribution in [3.63, 3.8) is 0 Å². The van der Waals surface area contributed by atoms with Crippen LogP contribution < -0.4 is 20.9 Å². The first kappa shape index (κ1) is 26.1. The SMILES string of the molecule is COc1ccc(COC(=O)c2cc(N)ccc2-c2ccc(N)cc2C(=O)OCc2ccc(OC)cc2)cc1. The number of benzene rings is 4. The van der Waals surface area contributed by atoms with Crippen molar-refractivity contribution in [1.82, 2.24) is 0 Å². The lowest BCUT2D eigenvalue weighted by molar-refractivity contribution is 0.0462. The molecule has 0 aliphatic rings. The minimum absolute atomic E-state index is 0.0512. The predicted octanol–water partition coefficient (Wildman–Crippen LogP) is 5.25.